The van der Waals surface area contributed by atoms with Gasteiger partial charge >= 0.3 is 0 Å². The zero-order valence-corrected chi connectivity index (χ0v) is 13.0. The topological polar surface area (TPSA) is 124 Å². The van der Waals surface area contributed by atoms with Crippen LogP contribution in [-0.2, 0) is 11.2 Å². The minimum atomic E-state index is -0.493. The Morgan fingerprint density at radius 1 is 1.24 bits per heavy atom. The van der Waals surface area contributed by atoms with Gasteiger partial charge in [0.15, 0.2) is 5.76 Å². The second kappa shape index (κ2) is 7.39. The Hall–Kier alpha value is -3.49. The number of furan rings is 1. The third-order valence-corrected chi connectivity index (χ3v) is 3.37. The van der Waals surface area contributed by atoms with E-state index in [1.165, 1.54) is 30.5 Å². The van der Waals surface area contributed by atoms with E-state index in [2.05, 4.69) is 15.5 Å². The molecule has 0 saturated heterocycles. The second-order valence-corrected chi connectivity index (χ2v) is 5.19. The molecular weight excluding hydrogens is 328 g/mol. The van der Waals surface area contributed by atoms with Crippen LogP contribution in [0.4, 0.5) is 11.4 Å². The van der Waals surface area contributed by atoms with E-state index in [0.29, 0.717) is 36.0 Å². The number of nitro groups is 1. The van der Waals surface area contributed by atoms with Gasteiger partial charge < -0.3 is 14.3 Å². The van der Waals surface area contributed by atoms with Gasteiger partial charge in [-0.2, -0.15) is 4.98 Å². The SMILES string of the molecule is O=C(CCCc1nc(-c2ccco2)no1)Nc1ccc([N+](=O)[O-])cc1. The summed E-state index contributed by atoms with van der Waals surface area (Å²) in [5, 5.41) is 17.1. The van der Waals surface area contributed by atoms with Gasteiger partial charge in [-0.1, -0.05) is 5.16 Å². The molecule has 1 N–H and O–H groups in total. The lowest BCUT2D eigenvalue weighted by molar-refractivity contribution is -0.384. The van der Waals surface area contributed by atoms with Gasteiger partial charge in [-0.05, 0) is 30.7 Å². The summed E-state index contributed by atoms with van der Waals surface area (Å²) < 4.78 is 10.3. The molecule has 0 saturated carbocycles. The molecule has 2 heterocycles. The van der Waals surface area contributed by atoms with Gasteiger partial charge in [0.25, 0.3) is 5.69 Å². The number of amides is 1. The first-order valence-corrected chi connectivity index (χ1v) is 7.52. The van der Waals surface area contributed by atoms with Crippen molar-refractivity contribution in [3.05, 3.63) is 58.7 Å². The molecule has 0 aliphatic heterocycles. The fraction of sp³-hybridized carbons (Fsp3) is 0.188. The molecule has 0 atom stereocenters. The first-order chi connectivity index (χ1) is 12.1. The third kappa shape index (κ3) is 4.28. The Kier molecular flexibility index (Phi) is 4.84. The first-order valence-electron chi connectivity index (χ1n) is 7.52. The highest BCUT2D eigenvalue weighted by molar-refractivity contribution is 5.90. The monoisotopic (exact) mass is 342 g/mol. The lowest BCUT2D eigenvalue weighted by Gasteiger charge is -2.04. The van der Waals surface area contributed by atoms with E-state index in [4.69, 9.17) is 8.94 Å². The molecule has 0 aliphatic carbocycles. The third-order valence-electron chi connectivity index (χ3n) is 3.37. The molecule has 0 spiro atoms. The van der Waals surface area contributed by atoms with Crippen LogP contribution in [0.15, 0.2) is 51.6 Å². The standard InChI is InChI=1S/C16H14N4O5/c21-14(17-11-6-8-12(9-7-11)20(22)23)4-1-5-15-18-16(19-25-15)13-3-2-10-24-13/h2-3,6-10H,1,4-5H2,(H,17,21). The summed E-state index contributed by atoms with van der Waals surface area (Å²) in [5.41, 5.74) is 0.482. The Balaban J connectivity index is 1.45. The van der Waals surface area contributed by atoms with Crippen molar-refractivity contribution in [1.82, 2.24) is 10.1 Å². The largest absolute Gasteiger partial charge is 0.461 e. The molecular formula is C16H14N4O5. The number of anilines is 1. The number of benzene rings is 1. The number of nitro benzene ring substituents is 1. The quantitative estimate of drug-likeness (QED) is 0.516. The molecule has 2 aromatic heterocycles. The van der Waals surface area contributed by atoms with E-state index in [9.17, 15) is 14.9 Å². The second-order valence-electron chi connectivity index (χ2n) is 5.19. The Labute approximate surface area is 141 Å². The van der Waals surface area contributed by atoms with Crippen LogP contribution in [0.5, 0.6) is 0 Å². The molecule has 0 radical (unpaired) electrons. The van der Waals surface area contributed by atoms with Crippen LogP contribution < -0.4 is 5.32 Å². The van der Waals surface area contributed by atoms with Crippen LogP contribution in [0.25, 0.3) is 11.6 Å². The molecule has 3 rings (SSSR count). The summed E-state index contributed by atoms with van der Waals surface area (Å²) in [4.78, 5) is 26.2. The maximum Gasteiger partial charge on any atom is 0.269 e. The summed E-state index contributed by atoms with van der Waals surface area (Å²) in [6, 6.07) is 9.11. The number of carbonyl (C=O) groups excluding carboxylic acids is 1. The van der Waals surface area contributed by atoms with Crippen LogP contribution in [0.3, 0.4) is 0 Å². The first kappa shape index (κ1) is 16.4. The molecule has 25 heavy (non-hydrogen) atoms. The van der Waals surface area contributed by atoms with Crippen LogP contribution >= 0.6 is 0 Å². The van der Waals surface area contributed by atoms with Gasteiger partial charge in [0.2, 0.25) is 17.6 Å². The summed E-state index contributed by atoms with van der Waals surface area (Å²) in [5.74, 6) is 1.12. The lowest BCUT2D eigenvalue weighted by atomic mass is 10.2. The molecule has 0 fully saturated rings. The highest BCUT2D eigenvalue weighted by Gasteiger charge is 2.11. The van der Waals surface area contributed by atoms with Gasteiger partial charge in [-0.25, -0.2) is 0 Å². The van der Waals surface area contributed by atoms with Crippen LogP contribution in [0, 0.1) is 10.1 Å². The number of rotatable bonds is 7. The van der Waals surface area contributed by atoms with Crippen molar-refractivity contribution in [3.63, 3.8) is 0 Å². The number of carbonyl (C=O) groups is 1. The number of hydrogen-bond donors (Lipinski definition) is 1. The van der Waals surface area contributed by atoms with Crippen molar-refractivity contribution in [2.24, 2.45) is 0 Å². The van der Waals surface area contributed by atoms with Gasteiger partial charge in [-0.3, -0.25) is 14.9 Å². The maximum atomic E-state index is 11.9. The van der Waals surface area contributed by atoms with E-state index in [-0.39, 0.29) is 18.0 Å². The molecule has 1 aromatic carbocycles. The molecule has 0 unspecified atom stereocenters. The predicted molar refractivity (Wildman–Crippen MR) is 86.7 cm³/mol. The number of aromatic nitrogens is 2. The van der Waals surface area contributed by atoms with Crippen molar-refractivity contribution in [1.29, 1.82) is 0 Å². The summed E-state index contributed by atoms with van der Waals surface area (Å²) in [7, 11) is 0. The Morgan fingerprint density at radius 2 is 2.04 bits per heavy atom. The fourth-order valence-corrected chi connectivity index (χ4v) is 2.15. The van der Waals surface area contributed by atoms with Crippen LogP contribution in [0.1, 0.15) is 18.7 Å². The average molecular weight is 342 g/mol. The zero-order chi connectivity index (χ0) is 17.6. The summed E-state index contributed by atoms with van der Waals surface area (Å²) in [6.45, 7) is 0. The normalized spacial score (nSPS) is 10.6. The molecule has 1 amide bonds. The number of nitrogens with zero attached hydrogens (tertiary/aromatic N) is 3. The molecule has 0 bridgehead atoms. The van der Waals surface area contributed by atoms with E-state index in [1.807, 2.05) is 0 Å². The van der Waals surface area contributed by atoms with E-state index < -0.39 is 4.92 Å². The van der Waals surface area contributed by atoms with E-state index >= 15 is 0 Å². The van der Waals surface area contributed by atoms with E-state index in [0.717, 1.165) is 0 Å². The molecule has 128 valence electrons. The van der Waals surface area contributed by atoms with Crippen molar-refractivity contribution < 1.29 is 18.7 Å². The molecule has 9 heteroatoms. The number of non-ortho nitro benzene ring substituents is 1. The molecule has 9 nitrogen and oxygen atoms in total. The van der Waals surface area contributed by atoms with Crippen molar-refractivity contribution in [2.75, 3.05) is 5.32 Å². The van der Waals surface area contributed by atoms with Crippen molar-refractivity contribution in [2.45, 2.75) is 19.3 Å². The van der Waals surface area contributed by atoms with Gasteiger partial charge in [0.05, 0.1) is 11.2 Å². The van der Waals surface area contributed by atoms with Crippen molar-refractivity contribution in [3.8, 4) is 11.6 Å². The van der Waals surface area contributed by atoms with Crippen LogP contribution in [-0.4, -0.2) is 21.0 Å². The average Bonchev–Trinajstić information content (AvgIpc) is 3.26. The maximum absolute atomic E-state index is 11.9. The van der Waals surface area contributed by atoms with E-state index in [1.54, 1.807) is 12.1 Å². The molecule has 0 aliphatic rings. The lowest BCUT2D eigenvalue weighted by Crippen LogP contribution is -2.11. The highest BCUT2D eigenvalue weighted by Crippen LogP contribution is 2.17. The zero-order valence-electron chi connectivity index (χ0n) is 13.0. The van der Waals surface area contributed by atoms with Gasteiger partial charge in [-0.15, -0.1) is 0 Å². The van der Waals surface area contributed by atoms with Gasteiger partial charge in [0, 0.05) is 30.7 Å². The Morgan fingerprint density at radius 3 is 2.72 bits per heavy atom. The summed E-state index contributed by atoms with van der Waals surface area (Å²) in [6.07, 6.45) is 2.77. The van der Waals surface area contributed by atoms with Gasteiger partial charge in [0.1, 0.15) is 0 Å². The Bertz CT molecular complexity index is 855. The number of hydrogen-bond acceptors (Lipinski definition) is 7. The smallest absolute Gasteiger partial charge is 0.269 e. The minimum Gasteiger partial charge on any atom is -0.461 e. The van der Waals surface area contributed by atoms with Crippen LogP contribution in [0.2, 0.25) is 0 Å². The minimum absolute atomic E-state index is 0.0262. The molecule has 3 aromatic rings. The summed E-state index contributed by atoms with van der Waals surface area (Å²) >= 11 is 0. The highest BCUT2D eigenvalue weighted by atomic mass is 16.6. The number of nitrogens with one attached hydrogen (secondary N) is 1. The number of aryl methyl sites for hydroxylation is 1. The predicted octanol–water partition coefficient (Wildman–Crippen LogP) is 3.20. The van der Waals surface area contributed by atoms with Crippen molar-refractivity contribution >= 4 is 17.3 Å². The fourth-order valence-electron chi connectivity index (χ4n) is 2.15.